The molecule has 3 rings (SSSR count). The molecule has 0 aromatic heterocycles. The molecule has 1 aromatic rings. The van der Waals surface area contributed by atoms with Gasteiger partial charge in [-0.05, 0) is 49.3 Å². The lowest BCUT2D eigenvalue weighted by Crippen LogP contribution is -2.39. The van der Waals surface area contributed by atoms with Crippen molar-refractivity contribution < 1.29 is 35.5 Å². The Morgan fingerprint density at radius 2 is 1.55 bits per heavy atom. The number of allylic oxidation sites excluding steroid dienone is 3. The van der Waals surface area contributed by atoms with Crippen molar-refractivity contribution in [2.75, 3.05) is 13.1 Å². The van der Waals surface area contributed by atoms with Crippen molar-refractivity contribution in [1.82, 2.24) is 4.90 Å². The molecular weight excluding hydrogens is 403 g/mol. The average molecular weight is 421 g/mol. The Balaban J connectivity index is 1.70. The van der Waals surface area contributed by atoms with Gasteiger partial charge in [0.15, 0.2) is 0 Å². The molecule has 0 bridgehead atoms. The molecule has 1 aliphatic carbocycles. The molecule has 158 valence electrons. The molecule has 0 atom stereocenters. The Hall–Kier alpha value is -2.32. The summed E-state index contributed by atoms with van der Waals surface area (Å²) < 4.78 is 91.5. The topological polar surface area (TPSA) is 20.3 Å². The fourth-order valence-electron chi connectivity index (χ4n) is 3.84. The number of piperidine rings is 1. The maximum absolute atomic E-state index is 13.8. The molecule has 1 saturated heterocycles. The number of likely N-dealkylation sites (tertiary alicyclic amines) is 1. The zero-order valence-corrected chi connectivity index (χ0v) is 15.2. The van der Waals surface area contributed by atoms with Crippen LogP contribution in [0.2, 0.25) is 0 Å². The van der Waals surface area contributed by atoms with E-state index < -0.39 is 41.6 Å². The standard InChI is InChI=1S/C20H18F7NO/c21-17-11-13(5-6-16(17)20(25,26)27)18(29)28-9-7-12(8-10-28)14-3-1-2-4-15(14)19(22,23)24/h1-4,11-12H,5-10H2. The molecule has 1 aliphatic heterocycles. The third-order valence-corrected chi connectivity index (χ3v) is 5.34. The molecular formula is C20H18F7NO. The molecule has 2 aliphatic rings. The molecule has 0 unspecified atom stereocenters. The van der Waals surface area contributed by atoms with E-state index in [1.165, 1.54) is 23.1 Å². The lowest BCUT2D eigenvalue weighted by Gasteiger charge is -2.34. The molecule has 0 radical (unpaired) electrons. The number of hydrogen-bond acceptors (Lipinski definition) is 1. The van der Waals surface area contributed by atoms with Gasteiger partial charge in [0.05, 0.1) is 11.1 Å². The Morgan fingerprint density at radius 1 is 0.931 bits per heavy atom. The summed E-state index contributed by atoms with van der Waals surface area (Å²) in [6.45, 7) is 0.314. The lowest BCUT2D eigenvalue weighted by molar-refractivity contribution is -0.138. The second-order valence-electron chi connectivity index (χ2n) is 7.15. The van der Waals surface area contributed by atoms with E-state index in [1.807, 2.05) is 0 Å². The molecule has 1 fully saturated rings. The van der Waals surface area contributed by atoms with Crippen LogP contribution >= 0.6 is 0 Å². The van der Waals surface area contributed by atoms with E-state index in [-0.39, 0.29) is 49.4 Å². The van der Waals surface area contributed by atoms with E-state index in [0.717, 1.165) is 6.07 Å². The summed E-state index contributed by atoms with van der Waals surface area (Å²) in [6, 6.07) is 5.29. The predicted molar refractivity (Wildman–Crippen MR) is 91.5 cm³/mol. The van der Waals surface area contributed by atoms with Gasteiger partial charge in [0.2, 0.25) is 5.91 Å². The Morgan fingerprint density at radius 3 is 2.10 bits per heavy atom. The maximum atomic E-state index is 13.8. The first-order chi connectivity index (χ1) is 13.5. The first-order valence-electron chi connectivity index (χ1n) is 9.10. The number of carbonyl (C=O) groups is 1. The molecule has 29 heavy (non-hydrogen) atoms. The van der Waals surface area contributed by atoms with E-state index in [2.05, 4.69) is 0 Å². The van der Waals surface area contributed by atoms with Crippen LogP contribution in [0, 0.1) is 0 Å². The third kappa shape index (κ3) is 4.64. The van der Waals surface area contributed by atoms with Gasteiger partial charge in [-0.25, -0.2) is 4.39 Å². The van der Waals surface area contributed by atoms with Gasteiger partial charge in [-0.3, -0.25) is 4.79 Å². The molecule has 0 N–H and O–H groups in total. The maximum Gasteiger partial charge on any atom is 0.416 e. The minimum atomic E-state index is -4.78. The summed E-state index contributed by atoms with van der Waals surface area (Å²) in [4.78, 5) is 13.9. The van der Waals surface area contributed by atoms with Crippen LogP contribution in [0.1, 0.15) is 42.7 Å². The Kier molecular flexibility index (Phi) is 5.78. The van der Waals surface area contributed by atoms with Crippen LogP contribution in [0.25, 0.3) is 0 Å². The number of halogens is 7. The highest BCUT2D eigenvalue weighted by atomic mass is 19.4. The van der Waals surface area contributed by atoms with E-state index in [9.17, 15) is 35.5 Å². The first kappa shape index (κ1) is 21.4. The van der Waals surface area contributed by atoms with Crippen molar-refractivity contribution in [2.24, 2.45) is 0 Å². The molecule has 1 amide bonds. The van der Waals surface area contributed by atoms with Crippen LogP contribution in [0.3, 0.4) is 0 Å². The monoisotopic (exact) mass is 421 g/mol. The van der Waals surface area contributed by atoms with Crippen LogP contribution in [0.4, 0.5) is 30.7 Å². The lowest BCUT2D eigenvalue weighted by atomic mass is 9.86. The van der Waals surface area contributed by atoms with Crippen LogP contribution in [-0.4, -0.2) is 30.1 Å². The van der Waals surface area contributed by atoms with Crippen molar-refractivity contribution in [2.45, 2.75) is 44.0 Å². The normalized spacial score (nSPS) is 19.4. The molecule has 1 aromatic carbocycles. The second-order valence-corrected chi connectivity index (χ2v) is 7.15. The number of carbonyl (C=O) groups excluding carboxylic acids is 1. The highest BCUT2D eigenvalue weighted by Crippen LogP contribution is 2.40. The molecule has 2 nitrogen and oxygen atoms in total. The van der Waals surface area contributed by atoms with Crippen molar-refractivity contribution in [1.29, 1.82) is 0 Å². The summed E-state index contributed by atoms with van der Waals surface area (Å²) in [6.07, 6.45) is -8.88. The van der Waals surface area contributed by atoms with Crippen LogP contribution in [-0.2, 0) is 11.0 Å². The molecule has 0 saturated carbocycles. The van der Waals surface area contributed by atoms with Crippen molar-refractivity contribution >= 4 is 5.91 Å². The Labute approximate surface area is 162 Å². The van der Waals surface area contributed by atoms with E-state index in [0.29, 0.717) is 6.08 Å². The predicted octanol–water partition coefficient (Wildman–Crippen LogP) is 5.92. The van der Waals surface area contributed by atoms with Crippen LogP contribution in [0.15, 0.2) is 47.3 Å². The number of hydrogen-bond donors (Lipinski definition) is 0. The van der Waals surface area contributed by atoms with Crippen LogP contribution in [0.5, 0.6) is 0 Å². The van der Waals surface area contributed by atoms with Crippen molar-refractivity contribution in [3.05, 3.63) is 58.4 Å². The first-order valence-corrected chi connectivity index (χ1v) is 9.10. The summed E-state index contributed by atoms with van der Waals surface area (Å²) in [7, 11) is 0. The van der Waals surface area contributed by atoms with Crippen molar-refractivity contribution in [3.63, 3.8) is 0 Å². The van der Waals surface area contributed by atoms with Gasteiger partial charge in [0, 0.05) is 18.7 Å². The number of alkyl halides is 6. The fraction of sp³-hybridized carbons (Fsp3) is 0.450. The highest BCUT2D eigenvalue weighted by Gasteiger charge is 2.39. The smallest absolute Gasteiger partial charge is 0.339 e. The van der Waals surface area contributed by atoms with E-state index in [4.69, 9.17) is 0 Å². The van der Waals surface area contributed by atoms with Gasteiger partial charge in [0.25, 0.3) is 0 Å². The SMILES string of the molecule is O=C(C1=CC(F)=C(C(F)(F)F)CC1)N1CCC(c2ccccc2C(F)(F)F)CC1. The third-order valence-electron chi connectivity index (χ3n) is 5.34. The zero-order chi connectivity index (χ0) is 21.4. The summed E-state index contributed by atoms with van der Waals surface area (Å²) in [5, 5.41) is 0. The van der Waals surface area contributed by atoms with Gasteiger partial charge in [-0.1, -0.05) is 18.2 Å². The van der Waals surface area contributed by atoms with E-state index in [1.54, 1.807) is 0 Å². The second kappa shape index (κ2) is 7.84. The minimum absolute atomic E-state index is 0.0513. The fourth-order valence-corrected chi connectivity index (χ4v) is 3.84. The summed E-state index contributed by atoms with van der Waals surface area (Å²) in [5.41, 5.74) is -1.86. The number of benzene rings is 1. The van der Waals surface area contributed by atoms with Crippen molar-refractivity contribution in [3.8, 4) is 0 Å². The van der Waals surface area contributed by atoms with E-state index >= 15 is 0 Å². The van der Waals surface area contributed by atoms with Crippen LogP contribution < -0.4 is 0 Å². The Bertz CT molecular complexity index is 843. The molecule has 1 heterocycles. The minimum Gasteiger partial charge on any atom is -0.339 e. The number of nitrogens with zero attached hydrogens (tertiary/aromatic N) is 1. The van der Waals surface area contributed by atoms with Gasteiger partial charge in [0.1, 0.15) is 5.83 Å². The summed E-state index contributed by atoms with van der Waals surface area (Å²) >= 11 is 0. The van der Waals surface area contributed by atoms with Gasteiger partial charge < -0.3 is 4.90 Å². The van der Waals surface area contributed by atoms with Gasteiger partial charge >= 0.3 is 12.4 Å². The average Bonchev–Trinajstić information content (AvgIpc) is 2.66. The van der Waals surface area contributed by atoms with Gasteiger partial charge in [-0.15, -0.1) is 0 Å². The largest absolute Gasteiger partial charge is 0.416 e. The molecule has 9 heteroatoms. The summed E-state index contributed by atoms with van der Waals surface area (Å²) in [5.74, 6) is -2.41. The molecule has 0 spiro atoms. The number of amides is 1. The zero-order valence-electron chi connectivity index (χ0n) is 15.2. The highest BCUT2D eigenvalue weighted by molar-refractivity contribution is 5.94. The quantitative estimate of drug-likeness (QED) is 0.543. The van der Waals surface area contributed by atoms with Gasteiger partial charge in [-0.2, -0.15) is 26.3 Å². The number of rotatable bonds is 2.